The number of nitrogens with zero attached hydrogens (tertiary/aromatic N) is 2. The van der Waals surface area contributed by atoms with Gasteiger partial charge < -0.3 is 15.2 Å². The Balaban J connectivity index is 2.02. The van der Waals surface area contributed by atoms with Gasteiger partial charge in [0.05, 0.1) is 23.9 Å². The van der Waals surface area contributed by atoms with E-state index >= 15 is 0 Å². The molecule has 3 N–H and O–H groups in total. The zero-order valence-electron chi connectivity index (χ0n) is 13.5. The highest BCUT2D eigenvalue weighted by atomic mass is 32.2. The van der Waals surface area contributed by atoms with E-state index in [1.807, 2.05) is 0 Å². The second-order valence-electron chi connectivity index (χ2n) is 4.98. The fraction of sp³-hybridized carbons (Fsp3) is 0.267. The van der Waals surface area contributed by atoms with Crippen LogP contribution in [-0.2, 0) is 21.3 Å². The molecule has 2 aromatic rings. The number of carbonyl (C=O) groups is 1. The van der Waals surface area contributed by atoms with Gasteiger partial charge in [0.15, 0.2) is 5.69 Å². The van der Waals surface area contributed by atoms with Crippen LogP contribution in [-0.4, -0.2) is 49.7 Å². The number of carboxylic acids is 1. The van der Waals surface area contributed by atoms with E-state index in [9.17, 15) is 13.2 Å². The van der Waals surface area contributed by atoms with Crippen LogP contribution in [0.3, 0.4) is 0 Å². The monoisotopic (exact) mass is 366 g/mol. The van der Waals surface area contributed by atoms with Crippen molar-refractivity contribution in [3.63, 3.8) is 0 Å². The third-order valence-corrected chi connectivity index (χ3v) is 4.61. The van der Waals surface area contributed by atoms with Gasteiger partial charge in [0.25, 0.3) is 0 Å². The zero-order chi connectivity index (χ0) is 18.3. The number of benzene rings is 1. The maximum Gasteiger partial charge on any atom is 0.356 e. The minimum absolute atomic E-state index is 0.148. The molecule has 1 aromatic heterocycles. The van der Waals surface area contributed by atoms with Gasteiger partial charge in [-0.3, -0.25) is 0 Å². The van der Waals surface area contributed by atoms with Gasteiger partial charge in [-0.1, -0.05) is 12.1 Å². The lowest BCUT2D eigenvalue weighted by molar-refractivity contribution is 0.0690. The van der Waals surface area contributed by atoms with E-state index in [2.05, 4.69) is 20.0 Å². The van der Waals surface area contributed by atoms with Crippen molar-refractivity contribution in [1.29, 1.82) is 0 Å². The fourth-order valence-electron chi connectivity index (χ4n) is 1.91. The molecule has 0 bridgehead atoms. The first-order valence-electron chi connectivity index (χ1n) is 7.29. The Morgan fingerprint density at radius 2 is 2.08 bits per heavy atom. The molecule has 0 radical (unpaired) electrons. The van der Waals surface area contributed by atoms with Crippen LogP contribution in [0.15, 0.2) is 41.6 Å². The molecule has 25 heavy (non-hydrogen) atoms. The van der Waals surface area contributed by atoms with Crippen molar-refractivity contribution in [2.45, 2.75) is 11.4 Å². The first kappa shape index (κ1) is 18.8. The maximum atomic E-state index is 12.2. The van der Waals surface area contributed by atoms with Crippen LogP contribution in [0.2, 0.25) is 0 Å². The Kier molecular flexibility index (Phi) is 6.39. The average molecular weight is 366 g/mol. The topological polar surface area (TPSA) is 131 Å². The quantitative estimate of drug-likeness (QED) is 0.553. The number of nitrogens with one attached hydrogen (secondary N) is 2. The van der Waals surface area contributed by atoms with Crippen LogP contribution in [0.5, 0.6) is 0 Å². The fourth-order valence-corrected chi connectivity index (χ4v) is 2.99. The van der Waals surface area contributed by atoms with Gasteiger partial charge >= 0.3 is 5.97 Å². The molecule has 0 amide bonds. The first-order valence-corrected chi connectivity index (χ1v) is 8.77. The van der Waals surface area contributed by atoms with Crippen LogP contribution in [0.1, 0.15) is 16.1 Å². The third-order valence-electron chi connectivity index (χ3n) is 3.15. The number of aromatic nitrogens is 2. The summed E-state index contributed by atoms with van der Waals surface area (Å²) in [5, 5.41) is 11.7. The number of anilines is 1. The van der Waals surface area contributed by atoms with Gasteiger partial charge in [-0.05, 0) is 17.7 Å². The minimum atomic E-state index is -3.60. The summed E-state index contributed by atoms with van der Waals surface area (Å²) in [6.07, 6.45) is 2.45. The number of hydrogen-bond acceptors (Lipinski definition) is 7. The summed E-state index contributed by atoms with van der Waals surface area (Å²) in [5.74, 6) is -0.769. The van der Waals surface area contributed by atoms with E-state index in [0.29, 0.717) is 12.4 Å². The van der Waals surface area contributed by atoms with E-state index in [4.69, 9.17) is 9.84 Å². The van der Waals surface area contributed by atoms with Crippen molar-refractivity contribution < 1.29 is 23.1 Å². The van der Waals surface area contributed by atoms with E-state index in [0.717, 1.165) is 11.8 Å². The van der Waals surface area contributed by atoms with Gasteiger partial charge in [-0.15, -0.1) is 0 Å². The molecular weight excluding hydrogens is 348 g/mol. The number of rotatable bonds is 9. The Hall–Kier alpha value is -2.56. The molecule has 9 nitrogen and oxygen atoms in total. The predicted octanol–water partition coefficient (Wildman–Crippen LogP) is 0.712. The summed E-state index contributed by atoms with van der Waals surface area (Å²) in [7, 11) is -2.11. The maximum absolute atomic E-state index is 12.2. The Bertz CT molecular complexity index is 824. The molecule has 0 unspecified atom stereocenters. The third kappa shape index (κ3) is 5.48. The van der Waals surface area contributed by atoms with Crippen LogP contribution in [0, 0.1) is 0 Å². The molecule has 0 fully saturated rings. The lowest BCUT2D eigenvalue weighted by Crippen LogP contribution is -2.27. The van der Waals surface area contributed by atoms with Gasteiger partial charge in [0.2, 0.25) is 10.0 Å². The number of aromatic carboxylic acids is 1. The van der Waals surface area contributed by atoms with E-state index < -0.39 is 16.0 Å². The number of hydrogen-bond donors (Lipinski definition) is 3. The highest BCUT2D eigenvalue weighted by molar-refractivity contribution is 7.89. The molecule has 0 aliphatic rings. The van der Waals surface area contributed by atoms with E-state index in [1.54, 1.807) is 18.2 Å². The molecular formula is C15H18N4O5S. The molecule has 0 saturated heterocycles. The number of ether oxygens (including phenoxy) is 1. The molecule has 1 aromatic carbocycles. The molecule has 0 atom stereocenters. The predicted molar refractivity (Wildman–Crippen MR) is 89.8 cm³/mol. The lowest BCUT2D eigenvalue weighted by Gasteiger charge is -2.09. The largest absolute Gasteiger partial charge is 0.476 e. The van der Waals surface area contributed by atoms with Crippen LogP contribution < -0.4 is 10.0 Å². The summed E-state index contributed by atoms with van der Waals surface area (Å²) in [6, 6.07) is 6.45. The van der Waals surface area contributed by atoms with Crippen molar-refractivity contribution in [3.8, 4) is 0 Å². The van der Waals surface area contributed by atoms with Crippen molar-refractivity contribution in [2.75, 3.05) is 25.6 Å². The summed E-state index contributed by atoms with van der Waals surface area (Å²) in [6.45, 7) is 0.779. The average Bonchev–Trinajstić information content (AvgIpc) is 2.61. The number of carboxylic acid groups (broad SMARTS) is 1. The smallest absolute Gasteiger partial charge is 0.356 e. The Morgan fingerprint density at radius 1 is 1.28 bits per heavy atom. The molecule has 0 saturated carbocycles. The van der Waals surface area contributed by atoms with Crippen LogP contribution in [0.25, 0.3) is 0 Å². The first-order chi connectivity index (χ1) is 11.9. The van der Waals surface area contributed by atoms with Gasteiger partial charge in [0, 0.05) is 20.2 Å². The molecule has 0 aliphatic carbocycles. The van der Waals surface area contributed by atoms with Crippen molar-refractivity contribution >= 4 is 21.8 Å². The SMILES string of the molecule is COCCNS(=O)(=O)c1cccc(CNc2cnc(C(=O)O)cn2)c1. The second-order valence-corrected chi connectivity index (χ2v) is 6.75. The van der Waals surface area contributed by atoms with Gasteiger partial charge in [0.1, 0.15) is 5.82 Å². The minimum Gasteiger partial charge on any atom is -0.476 e. The number of sulfonamides is 1. The Labute approximate surface area is 145 Å². The zero-order valence-corrected chi connectivity index (χ0v) is 14.3. The lowest BCUT2D eigenvalue weighted by atomic mass is 10.2. The molecule has 2 rings (SSSR count). The standard InChI is InChI=1S/C15H18N4O5S/c1-24-6-5-19-25(22,23)12-4-2-3-11(7-12)8-17-14-10-16-13(9-18-14)15(20)21/h2-4,7,9-10,19H,5-6,8H2,1H3,(H,17,18)(H,20,21). The van der Waals surface area contributed by atoms with Crippen molar-refractivity contribution in [2.24, 2.45) is 0 Å². The van der Waals surface area contributed by atoms with Gasteiger partial charge in [-0.25, -0.2) is 27.9 Å². The normalized spacial score (nSPS) is 11.2. The second kappa shape index (κ2) is 8.51. The van der Waals surface area contributed by atoms with E-state index in [-0.39, 0.29) is 23.7 Å². The summed E-state index contributed by atoms with van der Waals surface area (Å²) >= 11 is 0. The van der Waals surface area contributed by atoms with Crippen molar-refractivity contribution in [1.82, 2.24) is 14.7 Å². The molecule has 0 spiro atoms. The molecule has 0 aliphatic heterocycles. The highest BCUT2D eigenvalue weighted by Gasteiger charge is 2.13. The summed E-state index contributed by atoms with van der Waals surface area (Å²) < 4.78 is 31.6. The molecule has 10 heteroatoms. The Morgan fingerprint density at radius 3 is 2.72 bits per heavy atom. The van der Waals surface area contributed by atoms with Crippen molar-refractivity contribution in [3.05, 3.63) is 47.9 Å². The van der Waals surface area contributed by atoms with E-state index in [1.165, 1.54) is 19.4 Å². The molecule has 1 heterocycles. The van der Waals surface area contributed by atoms with Gasteiger partial charge in [-0.2, -0.15) is 0 Å². The molecule has 134 valence electrons. The highest BCUT2D eigenvalue weighted by Crippen LogP contribution is 2.13. The summed E-state index contributed by atoms with van der Waals surface area (Å²) in [5.41, 5.74) is 0.569. The number of methoxy groups -OCH3 is 1. The summed E-state index contributed by atoms with van der Waals surface area (Å²) in [4.78, 5) is 18.6. The van der Waals surface area contributed by atoms with Crippen LogP contribution in [0.4, 0.5) is 5.82 Å². The van der Waals surface area contributed by atoms with Crippen LogP contribution >= 0.6 is 0 Å².